The van der Waals surface area contributed by atoms with Crippen LogP contribution >= 0.6 is 11.8 Å². The van der Waals surface area contributed by atoms with E-state index in [2.05, 4.69) is 9.44 Å². The minimum absolute atomic E-state index is 0.0381. The normalized spacial score (nSPS) is 33.0. The zero-order valence-corrected chi connectivity index (χ0v) is 14.1. The fraction of sp³-hybridized carbons (Fsp3) is 0.909. The van der Waals surface area contributed by atoms with Crippen molar-refractivity contribution in [2.45, 2.75) is 50.1 Å². The third-order valence-corrected chi connectivity index (χ3v) is 4.32. The number of hydrogen-bond donors (Lipinski definition) is 5. The van der Waals surface area contributed by atoms with Gasteiger partial charge in [-0.1, -0.05) is 30.8 Å². The second-order valence-electron chi connectivity index (χ2n) is 5.40. The van der Waals surface area contributed by atoms with Gasteiger partial charge in [0.15, 0.2) is 0 Å². The largest absolute Gasteiger partial charge is 0.466 e. The quantitative estimate of drug-likeness (QED) is 0.163. The molecule has 0 bridgehead atoms. The molecule has 12 heteroatoms. The molecule has 23 heavy (non-hydrogen) atoms. The molecule has 1 rings (SSSR count). The Morgan fingerprint density at radius 2 is 1.87 bits per heavy atom. The number of hydrogen-bond acceptors (Lipinski definition) is 10. The van der Waals surface area contributed by atoms with Crippen molar-refractivity contribution in [3.63, 3.8) is 0 Å². The van der Waals surface area contributed by atoms with Crippen molar-refractivity contribution in [3.05, 3.63) is 0 Å². The minimum Gasteiger partial charge on any atom is -0.394 e. The summed E-state index contributed by atoms with van der Waals surface area (Å²) in [5.74, 6) is 0.0381. The lowest BCUT2D eigenvalue weighted by Crippen LogP contribution is -2.57. The predicted molar refractivity (Wildman–Crippen MR) is 80.9 cm³/mol. The fourth-order valence-corrected chi connectivity index (χ4v) is 3.35. The number of thioether (sulfide) groups is 1. The van der Waals surface area contributed by atoms with Crippen LogP contribution in [0, 0.1) is 5.92 Å². The molecule has 0 saturated carbocycles. The molecule has 0 amide bonds. The average molecular weight is 375 g/mol. The van der Waals surface area contributed by atoms with Crippen molar-refractivity contribution in [2.24, 2.45) is 11.1 Å². The smallest absolute Gasteiger partial charge is 0.394 e. The molecule has 5 N–H and O–H groups in total. The van der Waals surface area contributed by atoms with Crippen LogP contribution in [0.2, 0.25) is 0 Å². The summed E-state index contributed by atoms with van der Waals surface area (Å²) in [6.45, 7) is 3.05. The number of rotatable bonds is 6. The van der Waals surface area contributed by atoms with Gasteiger partial charge < -0.3 is 25.2 Å². The van der Waals surface area contributed by atoms with E-state index < -0.39 is 46.9 Å². The van der Waals surface area contributed by atoms with Crippen LogP contribution in [-0.4, -0.2) is 74.9 Å². The molecule has 0 aromatic heterocycles. The van der Waals surface area contributed by atoms with Crippen LogP contribution in [0.4, 0.5) is 0 Å². The van der Waals surface area contributed by atoms with Gasteiger partial charge in [0.25, 0.3) is 0 Å². The molecule has 0 unspecified atom stereocenters. The highest BCUT2D eigenvalue weighted by molar-refractivity contribution is 8.14. The molecule has 0 aromatic rings. The van der Waals surface area contributed by atoms with E-state index in [9.17, 15) is 23.7 Å². The van der Waals surface area contributed by atoms with E-state index in [1.54, 1.807) is 0 Å². The van der Waals surface area contributed by atoms with Crippen LogP contribution in [0.5, 0.6) is 0 Å². The van der Waals surface area contributed by atoms with Crippen LogP contribution in [0.1, 0.15) is 20.3 Å². The molecular formula is C11H21NO9S2. The maximum Gasteiger partial charge on any atom is 0.466 e. The molecule has 0 radical (unpaired) electrons. The van der Waals surface area contributed by atoms with Crippen LogP contribution in [0.25, 0.3) is 0 Å². The fourth-order valence-electron chi connectivity index (χ4n) is 1.84. The Hall–Kier alpha value is -0.470. The summed E-state index contributed by atoms with van der Waals surface area (Å²) in [4.78, 5) is 0. The van der Waals surface area contributed by atoms with Gasteiger partial charge in [0, 0.05) is 6.42 Å². The molecule has 0 aliphatic carbocycles. The van der Waals surface area contributed by atoms with E-state index >= 15 is 0 Å². The van der Waals surface area contributed by atoms with Gasteiger partial charge in [0.1, 0.15) is 34.9 Å². The van der Waals surface area contributed by atoms with Gasteiger partial charge in [-0.2, -0.15) is 8.42 Å². The Bertz CT molecular complexity index is 508. The van der Waals surface area contributed by atoms with Gasteiger partial charge >= 0.3 is 10.4 Å². The highest BCUT2D eigenvalue weighted by Gasteiger charge is 2.44. The number of aliphatic hydroxyl groups is 4. The maximum absolute atomic E-state index is 10.6. The number of oxime groups is 1. The first-order chi connectivity index (χ1) is 10.5. The van der Waals surface area contributed by atoms with Crippen LogP contribution in [0.15, 0.2) is 5.16 Å². The molecule has 1 fully saturated rings. The molecule has 5 atom stereocenters. The SMILES string of the molecule is CC(C)C/C(=N\OS(=O)(=O)O)S[C@@H]1O[C@H](CO)[C@@H](O)[C@H](O)[C@H]1O. The van der Waals surface area contributed by atoms with Gasteiger partial charge in [-0.15, -0.1) is 0 Å². The Kier molecular flexibility index (Phi) is 7.67. The molecule has 1 aliphatic rings. The monoisotopic (exact) mass is 375 g/mol. The van der Waals surface area contributed by atoms with Crippen LogP contribution in [-0.2, 0) is 19.4 Å². The summed E-state index contributed by atoms with van der Waals surface area (Å²) < 4.78 is 39.0. The third kappa shape index (κ3) is 6.51. The molecular weight excluding hydrogens is 354 g/mol. The van der Waals surface area contributed by atoms with E-state index in [1.807, 2.05) is 13.8 Å². The van der Waals surface area contributed by atoms with E-state index in [1.165, 1.54) is 0 Å². The first kappa shape index (κ1) is 20.6. The van der Waals surface area contributed by atoms with Crippen molar-refractivity contribution in [2.75, 3.05) is 6.61 Å². The van der Waals surface area contributed by atoms with Gasteiger partial charge in [0.05, 0.1) is 6.61 Å². The number of aliphatic hydroxyl groups excluding tert-OH is 4. The van der Waals surface area contributed by atoms with E-state index in [0.717, 1.165) is 11.8 Å². The summed E-state index contributed by atoms with van der Waals surface area (Å²) in [5.41, 5.74) is -1.12. The lowest BCUT2D eigenvalue weighted by Gasteiger charge is -2.39. The Morgan fingerprint density at radius 1 is 1.26 bits per heavy atom. The molecule has 1 saturated heterocycles. The van der Waals surface area contributed by atoms with Crippen LogP contribution in [0.3, 0.4) is 0 Å². The van der Waals surface area contributed by atoms with Crippen molar-refractivity contribution in [1.82, 2.24) is 0 Å². The summed E-state index contributed by atoms with van der Waals surface area (Å²) in [7, 11) is -4.78. The summed E-state index contributed by atoms with van der Waals surface area (Å²) in [6, 6.07) is 0. The van der Waals surface area contributed by atoms with Gasteiger partial charge in [0.2, 0.25) is 0 Å². The van der Waals surface area contributed by atoms with Gasteiger partial charge in [-0.3, -0.25) is 4.55 Å². The van der Waals surface area contributed by atoms with Gasteiger partial charge in [-0.25, -0.2) is 4.28 Å². The van der Waals surface area contributed by atoms with Crippen molar-refractivity contribution in [1.29, 1.82) is 0 Å². The summed E-state index contributed by atoms with van der Waals surface area (Å²) >= 11 is 0.763. The number of nitrogens with zero attached hydrogens (tertiary/aromatic N) is 1. The minimum atomic E-state index is -4.78. The van der Waals surface area contributed by atoms with E-state index in [4.69, 9.17) is 14.4 Å². The lowest BCUT2D eigenvalue weighted by atomic mass is 10.0. The number of ether oxygens (including phenoxy) is 1. The van der Waals surface area contributed by atoms with Gasteiger partial charge in [-0.05, 0) is 5.92 Å². The Balaban J connectivity index is 2.88. The summed E-state index contributed by atoms with van der Waals surface area (Å²) in [5, 5.41) is 41.8. The molecule has 136 valence electrons. The predicted octanol–water partition coefficient (Wildman–Crippen LogP) is -1.30. The highest BCUT2D eigenvalue weighted by atomic mass is 32.3. The van der Waals surface area contributed by atoms with E-state index in [0.29, 0.717) is 0 Å². The first-order valence-corrected chi connectivity index (χ1v) is 8.99. The van der Waals surface area contributed by atoms with Crippen molar-refractivity contribution in [3.8, 4) is 0 Å². The molecule has 0 spiro atoms. The second-order valence-corrected chi connectivity index (χ2v) is 7.58. The molecule has 10 nitrogen and oxygen atoms in total. The highest BCUT2D eigenvalue weighted by Crippen LogP contribution is 2.31. The Labute approximate surface area is 138 Å². The molecule has 1 aliphatic heterocycles. The Morgan fingerprint density at radius 3 is 2.35 bits per heavy atom. The second kappa shape index (κ2) is 8.58. The summed E-state index contributed by atoms with van der Waals surface area (Å²) in [6.07, 6.45) is -5.39. The zero-order valence-electron chi connectivity index (χ0n) is 12.5. The molecule has 1 heterocycles. The average Bonchev–Trinajstić information content (AvgIpc) is 2.44. The molecule has 0 aromatic carbocycles. The van der Waals surface area contributed by atoms with E-state index in [-0.39, 0.29) is 17.4 Å². The maximum atomic E-state index is 10.6. The first-order valence-electron chi connectivity index (χ1n) is 6.75. The standard InChI is InChI=1S/C11H21NO9S2/c1-5(2)3-7(12-21-23(17,18)19)22-11-10(16)9(15)8(14)6(4-13)20-11/h5-6,8-11,13-16H,3-4H2,1-2H3,(H,17,18,19)/b12-7+/t6-,8-,9+,10-,11+/m1/s1. The van der Waals surface area contributed by atoms with Crippen LogP contribution < -0.4 is 0 Å². The third-order valence-electron chi connectivity index (χ3n) is 2.92. The topological polar surface area (TPSA) is 166 Å². The zero-order chi connectivity index (χ0) is 17.8. The lowest BCUT2D eigenvalue weighted by molar-refractivity contribution is -0.205. The van der Waals surface area contributed by atoms with Crippen molar-refractivity contribution >= 4 is 27.2 Å². The van der Waals surface area contributed by atoms with Crippen molar-refractivity contribution < 1.29 is 42.4 Å².